The van der Waals surface area contributed by atoms with Crippen LogP contribution in [-0.2, 0) is 16.9 Å². The van der Waals surface area contributed by atoms with Gasteiger partial charge in [-0.3, -0.25) is 20.2 Å². The fourth-order valence-electron chi connectivity index (χ4n) is 5.53. The van der Waals surface area contributed by atoms with Gasteiger partial charge >= 0.3 is 0 Å². The number of hydrogen-bond acceptors (Lipinski definition) is 7. The molecule has 5 rings (SSSR count). The van der Waals surface area contributed by atoms with Crippen molar-refractivity contribution < 1.29 is 19.2 Å². The van der Waals surface area contributed by atoms with E-state index in [9.17, 15) is 20.2 Å². The molecule has 1 spiro atoms. The number of nitriles is 1. The molecule has 10 heteroatoms. The summed E-state index contributed by atoms with van der Waals surface area (Å²) in [6, 6.07) is 17.7. The Morgan fingerprint density at radius 2 is 1.92 bits per heavy atom. The number of amides is 1. The van der Waals surface area contributed by atoms with Crippen molar-refractivity contribution in [2.24, 2.45) is 0 Å². The molecule has 2 aliphatic heterocycles. The number of carbonyl (C=O) groups is 1. The summed E-state index contributed by atoms with van der Waals surface area (Å²) in [5.41, 5.74) is 1.28. The van der Waals surface area contributed by atoms with Crippen LogP contribution in [0.1, 0.15) is 35.1 Å². The first-order valence-corrected chi connectivity index (χ1v) is 12.0. The van der Waals surface area contributed by atoms with Crippen LogP contribution >= 0.6 is 11.6 Å². The summed E-state index contributed by atoms with van der Waals surface area (Å²) in [6.07, 6.45) is 0. The summed E-state index contributed by atoms with van der Waals surface area (Å²) in [5.74, 6) is -0.607. The first kappa shape index (κ1) is 24.6. The van der Waals surface area contributed by atoms with Crippen LogP contribution < -0.4 is 20.1 Å². The maximum absolute atomic E-state index is 13.2. The third kappa shape index (κ3) is 3.86. The highest BCUT2D eigenvalue weighted by atomic mass is 35.5. The number of halogens is 1. The minimum atomic E-state index is -1.53. The highest BCUT2D eigenvalue weighted by Crippen LogP contribution is 2.51. The second-order valence-corrected chi connectivity index (χ2v) is 9.50. The predicted octanol–water partition coefficient (Wildman–Crippen LogP) is 4.37. The lowest BCUT2D eigenvalue weighted by Crippen LogP contribution is -2.54. The van der Waals surface area contributed by atoms with Crippen LogP contribution in [-0.4, -0.2) is 30.0 Å². The summed E-state index contributed by atoms with van der Waals surface area (Å²) >= 11 is 6.63. The molecule has 0 saturated carbocycles. The van der Waals surface area contributed by atoms with Gasteiger partial charge in [0.2, 0.25) is 0 Å². The van der Waals surface area contributed by atoms with Crippen LogP contribution in [0.5, 0.6) is 11.5 Å². The Morgan fingerprint density at radius 1 is 1.19 bits per heavy atom. The molecule has 2 N–H and O–H groups in total. The fourth-order valence-corrected chi connectivity index (χ4v) is 5.80. The first-order chi connectivity index (χ1) is 17.8. The molecular formula is C27H23ClN4O5. The van der Waals surface area contributed by atoms with Crippen LogP contribution in [0, 0.1) is 21.4 Å². The Morgan fingerprint density at radius 3 is 2.65 bits per heavy atom. The molecule has 9 nitrogen and oxygen atoms in total. The van der Waals surface area contributed by atoms with Gasteiger partial charge in [0.15, 0.2) is 17.0 Å². The predicted molar refractivity (Wildman–Crippen MR) is 136 cm³/mol. The van der Waals surface area contributed by atoms with Gasteiger partial charge in [-0.15, -0.1) is 0 Å². The molecule has 37 heavy (non-hydrogen) atoms. The van der Waals surface area contributed by atoms with Gasteiger partial charge in [0, 0.05) is 27.8 Å². The molecular weight excluding hydrogens is 496 g/mol. The average molecular weight is 519 g/mol. The molecule has 0 unspecified atom stereocenters. The topological polar surface area (TPSA) is 127 Å². The SMILES string of the molecule is COc1cc([C@@H]2[C@H](C)N[C@]3(C(=O)Nc4ccccc43)[C@@H]2[N+](=O)[O-])cc(Cl)c1OCc1ccccc1C#N. The van der Waals surface area contributed by atoms with E-state index in [1.165, 1.54) is 7.11 Å². The van der Waals surface area contributed by atoms with Gasteiger partial charge in [0.25, 0.3) is 11.9 Å². The molecule has 0 radical (unpaired) electrons. The lowest BCUT2D eigenvalue weighted by molar-refractivity contribution is -0.532. The van der Waals surface area contributed by atoms with Crippen molar-refractivity contribution >= 4 is 23.2 Å². The summed E-state index contributed by atoms with van der Waals surface area (Å²) in [5, 5.41) is 28.1. The zero-order valence-electron chi connectivity index (χ0n) is 20.0. The number of carbonyl (C=O) groups excluding carboxylic acids is 1. The van der Waals surface area contributed by atoms with Crippen molar-refractivity contribution in [2.75, 3.05) is 12.4 Å². The monoisotopic (exact) mass is 518 g/mol. The van der Waals surface area contributed by atoms with E-state index < -0.39 is 34.4 Å². The van der Waals surface area contributed by atoms with Crippen molar-refractivity contribution in [2.45, 2.75) is 37.1 Å². The lowest BCUT2D eigenvalue weighted by Gasteiger charge is -2.25. The molecule has 2 heterocycles. The van der Waals surface area contributed by atoms with E-state index in [0.29, 0.717) is 33.7 Å². The van der Waals surface area contributed by atoms with Gasteiger partial charge < -0.3 is 14.8 Å². The second kappa shape index (κ2) is 9.39. The largest absolute Gasteiger partial charge is 0.493 e. The molecule has 1 amide bonds. The highest BCUT2D eigenvalue weighted by molar-refractivity contribution is 6.32. The summed E-state index contributed by atoms with van der Waals surface area (Å²) in [7, 11) is 1.45. The van der Waals surface area contributed by atoms with E-state index in [-0.39, 0.29) is 17.4 Å². The van der Waals surface area contributed by atoms with Gasteiger partial charge in [-0.2, -0.15) is 5.26 Å². The van der Waals surface area contributed by atoms with E-state index in [2.05, 4.69) is 16.7 Å². The summed E-state index contributed by atoms with van der Waals surface area (Å²) in [4.78, 5) is 25.4. The van der Waals surface area contributed by atoms with Crippen LogP contribution in [0.3, 0.4) is 0 Å². The number of rotatable bonds is 6. The van der Waals surface area contributed by atoms with Crippen LogP contribution in [0.25, 0.3) is 0 Å². The number of anilines is 1. The quantitative estimate of drug-likeness (QED) is 0.366. The third-order valence-electron chi connectivity index (χ3n) is 7.11. The zero-order chi connectivity index (χ0) is 26.3. The number of benzene rings is 3. The third-order valence-corrected chi connectivity index (χ3v) is 7.39. The number of ether oxygens (including phenoxy) is 2. The van der Waals surface area contributed by atoms with E-state index in [4.69, 9.17) is 21.1 Å². The summed E-state index contributed by atoms with van der Waals surface area (Å²) in [6.45, 7) is 1.89. The Bertz CT molecular complexity index is 1450. The molecule has 3 aromatic rings. The van der Waals surface area contributed by atoms with Crippen molar-refractivity contribution in [1.82, 2.24) is 5.32 Å². The number of methoxy groups -OCH3 is 1. The molecule has 2 aliphatic rings. The molecule has 3 aromatic carbocycles. The van der Waals surface area contributed by atoms with Gasteiger partial charge in [-0.1, -0.05) is 48.0 Å². The summed E-state index contributed by atoms with van der Waals surface area (Å²) < 4.78 is 11.5. The maximum Gasteiger partial charge on any atom is 0.256 e. The van der Waals surface area contributed by atoms with E-state index >= 15 is 0 Å². The Labute approximate surface area is 218 Å². The molecule has 4 atom stereocenters. The number of nitrogens with zero attached hydrogens (tertiary/aromatic N) is 2. The molecule has 188 valence electrons. The Hall–Kier alpha value is -4.13. The van der Waals surface area contributed by atoms with Gasteiger partial charge in [-0.25, -0.2) is 0 Å². The number of hydrogen-bond donors (Lipinski definition) is 2. The normalized spacial score (nSPS) is 23.8. The van der Waals surface area contributed by atoms with Gasteiger partial charge in [-0.05, 0) is 36.8 Å². The smallest absolute Gasteiger partial charge is 0.256 e. The van der Waals surface area contributed by atoms with Crippen LogP contribution in [0.4, 0.5) is 5.69 Å². The molecule has 0 bridgehead atoms. The van der Waals surface area contributed by atoms with Gasteiger partial charge in [0.05, 0.1) is 29.7 Å². The fraction of sp³-hybridized carbons (Fsp3) is 0.259. The molecule has 0 aliphatic carbocycles. The van der Waals surface area contributed by atoms with Gasteiger partial charge in [0.1, 0.15) is 6.61 Å². The maximum atomic E-state index is 13.2. The Kier molecular flexibility index (Phi) is 6.23. The van der Waals surface area contributed by atoms with Crippen molar-refractivity contribution in [3.8, 4) is 17.6 Å². The van der Waals surface area contributed by atoms with Crippen molar-refractivity contribution in [3.05, 3.63) is 98.1 Å². The van der Waals surface area contributed by atoms with E-state index in [0.717, 1.165) is 0 Å². The average Bonchev–Trinajstić information content (AvgIpc) is 3.36. The van der Waals surface area contributed by atoms with E-state index in [1.54, 1.807) is 60.7 Å². The number of nitro groups is 1. The van der Waals surface area contributed by atoms with Crippen molar-refractivity contribution in [3.63, 3.8) is 0 Å². The first-order valence-electron chi connectivity index (χ1n) is 11.6. The number of nitrogens with one attached hydrogen (secondary N) is 2. The molecule has 1 fully saturated rings. The molecule has 1 saturated heterocycles. The standard InChI is InChI=1S/C27H23ClN4O5/c1-15-23(25(32(34)35)27(31-15)19-9-5-6-10-21(19)30-26(27)33)18-11-20(28)24(22(12-18)36-2)37-14-17-8-4-3-7-16(17)13-29/h3-12,15,23,25,31H,14H2,1-2H3,(H,30,33)/t15-,23-,25+,27-/m0/s1. The van der Waals surface area contributed by atoms with Crippen LogP contribution in [0.2, 0.25) is 5.02 Å². The molecule has 0 aromatic heterocycles. The van der Waals surface area contributed by atoms with Crippen LogP contribution in [0.15, 0.2) is 60.7 Å². The second-order valence-electron chi connectivity index (χ2n) is 9.09. The minimum Gasteiger partial charge on any atom is -0.493 e. The highest BCUT2D eigenvalue weighted by Gasteiger charge is 2.67. The minimum absolute atomic E-state index is 0.0815. The number of fused-ring (bicyclic) bond motifs is 2. The Balaban J connectivity index is 1.54. The number of para-hydroxylation sites is 1. The zero-order valence-corrected chi connectivity index (χ0v) is 20.8. The van der Waals surface area contributed by atoms with E-state index in [1.807, 2.05) is 6.92 Å². The van der Waals surface area contributed by atoms with Crippen molar-refractivity contribution in [1.29, 1.82) is 5.26 Å². The lowest BCUT2D eigenvalue weighted by atomic mass is 9.78.